The van der Waals surface area contributed by atoms with E-state index in [1.165, 1.54) is 0 Å². The fourth-order valence-corrected chi connectivity index (χ4v) is 3.65. The van der Waals surface area contributed by atoms with Gasteiger partial charge in [-0.1, -0.05) is 25.0 Å². The molecule has 1 saturated heterocycles. The molecule has 0 spiro atoms. The number of methoxy groups -OCH3 is 1. The summed E-state index contributed by atoms with van der Waals surface area (Å²) in [7, 11) is 1.65. The lowest BCUT2D eigenvalue weighted by Gasteiger charge is -2.29. The Morgan fingerprint density at radius 2 is 1.96 bits per heavy atom. The first-order valence-electron chi connectivity index (χ1n) is 9.30. The molecule has 27 heavy (non-hydrogen) atoms. The summed E-state index contributed by atoms with van der Waals surface area (Å²) in [5, 5.41) is 4.41. The number of hydrogen-bond acceptors (Lipinski definition) is 5. The quantitative estimate of drug-likeness (QED) is 0.713. The van der Waals surface area contributed by atoms with Gasteiger partial charge in [-0.15, -0.1) is 5.10 Å². The number of carbonyl (C=O) groups is 1. The summed E-state index contributed by atoms with van der Waals surface area (Å²) in [6.07, 6.45) is 5.82. The van der Waals surface area contributed by atoms with E-state index in [0.717, 1.165) is 42.7 Å². The van der Waals surface area contributed by atoms with Crippen LogP contribution in [0.2, 0.25) is 0 Å². The number of aromatic nitrogens is 4. The fourth-order valence-electron chi connectivity index (χ4n) is 3.65. The molecule has 2 aromatic heterocycles. The molecule has 0 bridgehead atoms. The van der Waals surface area contributed by atoms with Gasteiger partial charge in [-0.25, -0.2) is 9.50 Å². The van der Waals surface area contributed by atoms with Gasteiger partial charge in [-0.05, 0) is 43.5 Å². The first kappa shape index (κ1) is 17.5. The summed E-state index contributed by atoms with van der Waals surface area (Å²) >= 11 is 0. The SMILES string of the molecule is COc1ccc(C2CCCCCN2C(=O)c2nc3nccc(C)n3n2)cc1. The van der Waals surface area contributed by atoms with Crippen LogP contribution < -0.4 is 4.74 Å². The molecule has 1 aliphatic rings. The van der Waals surface area contributed by atoms with Gasteiger partial charge in [0.05, 0.1) is 13.2 Å². The van der Waals surface area contributed by atoms with Crippen molar-refractivity contribution >= 4 is 11.7 Å². The Kier molecular flexibility index (Phi) is 4.75. The van der Waals surface area contributed by atoms with E-state index in [9.17, 15) is 4.79 Å². The number of amides is 1. The van der Waals surface area contributed by atoms with Gasteiger partial charge in [-0.2, -0.15) is 4.98 Å². The van der Waals surface area contributed by atoms with Gasteiger partial charge in [0.15, 0.2) is 0 Å². The number of nitrogens with zero attached hydrogens (tertiary/aromatic N) is 5. The number of ether oxygens (including phenoxy) is 1. The molecule has 7 nitrogen and oxygen atoms in total. The van der Waals surface area contributed by atoms with Crippen LogP contribution in [0.4, 0.5) is 0 Å². The van der Waals surface area contributed by atoms with Crippen LogP contribution in [-0.2, 0) is 0 Å². The van der Waals surface area contributed by atoms with Crippen molar-refractivity contribution in [1.82, 2.24) is 24.5 Å². The minimum Gasteiger partial charge on any atom is -0.497 e. The minimum absolute atomic E-state index is 0.0200. The van der Waals surface area contributed by atoms with Crippen molar-refractivity contribution < 1.29 is 9.53 Å². The molecule has 0 aliphatic carbocycles. The molecule has 1 unspecified atom stereocenters. The van der Waals surface area contributed by atoms with Crippen LogP contribution >= 0.6 is 0 Å². The zero-order valence-corrected chi connectivity index (χ0v) is 15.6. The monoisotopic (exact) mass is 365 g/mol. The van der Waals surface area contributed by atoms with E-state index < -0.39 is 0 Å². The van der Waals surface area contributed by atoms with Crippen molar-refractivity contribution in [3.8, 4) is 5.75 Å². The second-order valence-corrected chi connectivity index (χ2v) is 6.87. The van der Waals surface area contributed by atoms with Crippen molar-refractivity contribution in [3.63, 3.8) is 0 Å². The smallest absolute Gasteiger partial charge is 0.294 e. The van der Waals surface area contributed by atoms with Gasteiger partial charge in [-0.3, -0.25) is 4.79 Å². The molecule has 3 heterocycles. The van der Waals surface area contributed by atoms with E-state index in [4.69, 9.17) is 4.74 Å². The first-order chi connectivity index (χ1) is 13.2. The maximum absolute atomic E-state index is 13.3. The minimum atomic E-state index is -0.136. The largest absolute Gasteiger partial charge is 0.497 e. The molecule has 0 saturated carbocycles. The summed E-state index contributed by atoms with van der Waals surface area (Å²) in [5.74, 6) is 1.34. The van der Waals surface area contributed by atoms with Crippen LogP contribution in [0.1, 0.15) is 53.6 Å². The van der Waals surface area contributed by atoms with Crippen molar-refractivity contribution in [2.75, 3.05) is 13.7 Å². The zero-order chi connectivity index (χ0) is 18.8. The normalized spacial score (nSPS) is 17.7. The summed E-state index contributed by atoms with van der Waals surface area (Å²) in [6, 6.07) is 9.84. The van der Waals surface area contributed by atoms with E-state index in [1.54, 1.807) is 17.8 Å². The average Bonchev–Trinajstić information content (AvgIpc) is 2.99. The highest BCUT2D eigenvalue weighted by Gasteiger charge is 2.30. The Balaban J connectivity index is 1.68. The average molecular weight is 365 g/mol. The maximum Gasteiger partial charge on any atom is 0.294 e. The highest BCUT2D eigenvalue weighted by Crippen LogP contribution is 2.32. The lowest BCUT2D eigenvalue weighted by molar-refractivity contribution is 0.0668. The van der Waals surface area contributed by atoms with E-state index in [2.05, 4.69) is 15.1 Å². The van der Waals surface area contributed by atoms with Gasteiger partial charge in [0.2, 0.25) is 5.82 Å². The van der Waals surface area contributed by atoms with Gasteiger partial charge in [0.25, 0.3) is 11.7 Å². The van der Waals surface area contributed by atoms with Gasteiger partial charge < -0.3 is 9.64 Å². The molecular weight excluding hydrogens is 342 g/mol. The molecule has 1 fully saturated rings. The molecule has 1 atom stereocenters. The zero-order valence-electron chi connectivity index (χ0n) is 15.6. The summed E-state index contributed by atoms with van der Waals surface area (Å²) in [5.41, 5.74) is 2.01. The van der Waals surface area contributed by atoms with Crippen LogP contribution in [0.25, 0.3) is 5.78 Å². The highest BCUT2D eigenvalue weighted by molar-refractivity contribution is 5.91. The molecule has 140 valence electrons. The van der Waals surface area contributed by atoms with Crippen LogP contribution in [0.3, 0.4) is 0 Å². The maximum atomic E-state index is 13.3. The van der Waals surface area contributed by atoms with E-state index in [-0.39, 0.29) is 17.8 Å². The summed E-state index contributed by atoms with van der Waals surface area (Å²) < 4.78 is 6.88. The van der Waals surface area contributed by atoms with Crippen LogP contribution in [0.15, 0.2) is 36.5 Å². The van der Waals surface area contributed by atoms with Crippen molar-refractivity contribution in [1.29, 1.82) is 0 Å². The third-order valence-electron chi connectivity index (χ3n) is 5.14. The second-order valence-electron chi connectivity index (χ2n) is 6.87. The lowest BCUT2D eigenvalue weighted by Crippen LogP contribution is -2.35. The number of likely N-dealkylation sites (tertiary alicyclic amines) is 1. The number of hydrogen-bond donors (Lipinski definition) is 0. The third kappa shape index (κ3) is 3.37. The van der Waals surface area contributed by atoms with E-state index in [0.29, 0.717) is 12.3 Å². The molecule has 3 aromatic rings. The van der Waals surface area contributed by atoms with Crippen LogP contribution in [0.5, 0.6) is 5.75 Å². The molecular formula is C20H23N5O2. The molecule has 1 amide bonds. The predicted octanol–water partition coefficient (Wildman–Crippen LogP) is 3.20. The van der Waals surface area contributed by atoms with Gasteiger partial charge in [0.1, 0.15) is 5.75 Å². The van der Waals surface area contributed by atoms with Crippen LogP contribution in [-0.4, -0.2) is 44.0 Å². The molecule has 0 N–H and O–H groups in total. The highest BCUT2D eigenvalue weighted by atomic mass is 16.5. The topological polar surface area (TPSA) is 72.6 Å². The van der Waals surface area contributed by atoms with E-state index >= 15 is 0 Å². The Bertz CT molecular complexity index is 951. The number of carbonyl (C=O) groups excluding carboxylic acids is 1. The fraction of sp³-hybridized carbons (Fsp3) is 0.400. The first-order valence-corrected chi connectivity index (χ1v) is 9.30. The standard InChI is InChI=1S/C20H23N5O2/c1-14-11-12-21-20-22-18(23-25(14)20)19(26)24-13-5-3-4-6-17(24)15-7-9-16(27-2)10-8-15/h7-12,17H,3-6,13H2,1-2H3. The van der Waals surface area contributed by atoms with Crippen molar-refractivity contribution in [2.45, 2.75) is 38.6 Å². The molecule has 1 aliphatic heterocycles. The van der Waals surface area contributed by atoms with Gasteiger partial charge in [0, 0.05) is 18.4 Å². The Morgan fingerprint density at radius 3 is 2.70 bits per heavy atom. The Labute approximate surface area is 158 Å². The van der Waals surface area contributed by atoms with E-state index in [1.807, 2.05) is 42.2 Å². The number of benzene rings is 1. The number of fused-ring (bicyclic) bond motifs is 1. The third-order valence-corrected chi connectivity index (χ3v) is 5.14. The second kappa shape index (κ2) is 7.34. The van der Waals surface area contributed by atoms with Crippen molar-refractivity contribution in [3.05, 3.63) is 53.6 Å². The predicted molar refractivity (Wildman–Crippen MR) is 101 cm³/mol. The molecule has 4 rings (SSSR count). The summed E-state index contributed by atoms with van der Waals surface area (Å²) in [6.45, 7) is 2.63. The Hall–Kier alpha value is -2.96. The lowest BCUT2D eigenvalue weighted by atomic mass is 10.0. The molecule has 0 radical (unpaired) electrons. The summed E-state index contributed by atoms with van der Waals surface area (Å²) in [4.78, 5) is 23.8. The number of aryl methyl sites for hydroxylation is 1. The van der Waals surface area contributed by atoms with Crippen molar-refractivity contribution in [2.24, 2.45) is 0 Å². The van der Waals surface area contributed by atoms with Gasteiger partial charge >= 0.3 is 0 Å². The Morgan fingerprint density at radius 1 is 1.15 bits per heavy atom. The molecule has 1 aromatic carbocycles. The number of rotatable bonds is 3. The molecule has 7 heteroatoms. The van der Waals surface area contributed by atoms with Crippen LogP contribution in [0, 0.1) is 6.92 Å².